The zero-order valence-electron chi connectivity index (χ0n) is 12.8. The van der Waals surface area contributed by atoms with Gasteiger partial charge >= 0.3 is 17.5 Å². The van der Waals surface area contributed by atoms with Crippen molar-refractivity contribution in [3.63, 3.8) is 0 Å². The molecule has 0 bridgehead atoms. The number of carboxylic acids is 1. The molecule has 12 heteroatoms. The number of alkyl halides is 6. The first-order valence-corrected chi connectivity index (χ1v) is 6.78. The van der Waals surface area contributed by atoms with Crippen molar-refractivity contribution >= 4 is 23.5 Å². The number of methoxy groups -OCH3 is 1. The maximum Gasteiger partial charge on any atom is 0.434 e. The number of aromatic carboxylic acids is 1. The van der Waals surface area contributed by atoms with Crippen LogP contribution in [0.3, 0.4) is 0 Å². The molecule has 0 unspecified atom stereocenters. The van der Waals surface area contributed by atoms with Crippen LogP contribution in [0.5, 0.6) is 5.75 Å². The third kappa shape index (κ3) is 4.47. The van der Waals surface area contributed by atoms with Gasteiger partial charge in [-0.2, -0.15) is 22.0 Å². The number of aromatic nitrogens is 1. The van der Waals surface area contributed by atoms with Crippen molar-refractivity contribution in [1.29, 1.82) is 0 Å². The normalized spacial score (nSPS) is 12.2. The molecule has 0 amide bonds. The van der Waals surface area contributed by atoms with E-state index in [2.05, 4.69) is 9.72 Å². The molecule has 25 heavy (non-hydrogen) atoms. The van der Waals surface area contributed by atoms with Crippen molar-refractivity contribution < 1.29 is 46.1 Å². The van der Waals surface area contributed by atoms with Gasteiger partial charge in [0.15, 0.2) is 5.69 Å². The highest BCUT2D eigenvalue weighted by molar-refractivity contribution is 6.22. The minimum atomic E-state index is -5.48. The fourth-order valence-electron chi connectivity index (χ4n) is 1.81. The number of hydrogen-bond donors (Lipinski definition) is 0. The van der Waals surface area contributed by atoms with E-state index < -0.39 is 57.9 Å². The summed E-state index contributed by atoms with van der Waals surface area (Å²) in [6, 6.07) is 0. The summed E-state index contributed by atoms with van der Waals surface area (Å²) in [6.07, 6.45) is -6.47. The van der Waals surface area contributed by atoms with Gasteiger partial charge < -0.3 is 19.4 Å². The molecule has 0 spiro atoms. The smallest absolute Gasteiger partial charge is 0.434 e. The van der Waals surface area contributed by atoms with Gasteiger partial charge in [-0.3, -0.25) is 0 Å². The Morgan fingerprint density at radius 3 is 1.96 bits per heavy atom. The number of ether oxygens (including phenoxy) is 2. The molecule has 0 aliphatic heterocycles. The van der Waals surface area contributed by atoms with Crippen LogP contribution in [0, 0.1) is 0 Å². The van der Waals surface area contributed by atoms with E-state index in [4.69, 9.17) is 16.3 Å². The Hall–Kier alpha value is -2.17. The number of rotatable bonds is 5. The van der Waals surface area contributed by atoms with Crippen molar-refractivity contribution in [2.75, 3.05) is 7.11 Å². The standard InChI is InChI=1S/C13H11ClF5NO5/c1-4(2)25-7-5(10(21)22)9(13(17,18)19)20-8(12(14,15)16)6(7)11(23)24-3/h4H,1-3H3,(H,21,22)/p-1. The number of carbonyl (C=O) groups excluding carboxylic acids is 2. The lowest BCUT2D eigenvalue weighted by atomic mass is 10.0. The summed E-state index contributed by atoms with van der Waals surface area (Å²) < 4.78 is 75.5. The highest BCUT2D eigenvalue weighted by Crippen LogP contribution is 2.43. The Kier molecular flexibility index (Phi) is 5.83. The van der Waals surface area contributed by atoms with Crippen molar-refractivity contribution in [2.24, 2.45) is 0 Å². The summed E-state index contributed by atoms with van der Waals surface area (Å²) in [4.78, 5) is 25.5. The number of nitrogens with zero attached hydrogens (tertiary/aromatic N) is 1. The molecular weight excluding hydrogens is 381 g/mol. The lowest BCUT2D eigenvalue weighted by Gasteiger charge is -2.24. The molecule has 0 saturated heterocycles. The molecule has 140 valence electrons. The summed E-state index contributed by atoms with van der Waals surface area (Å²) >= 11 is 4.74. The summed E-state index contributed by atoms with van der Waals surface area (Å²) in [5.41, 5.74) is -7.16. The zero-order valence-corrected chi connectivity index (χ0v) is 13.6. The van der Waals surface area contributed by atoms with Gasteiger partial charge in [-0.15, -0.1) is 0 Å². The second-order valence-electron chi connectivity index (χ2n) is 4.83. The molecule has 0 N–H and O–H groups in total. The van der Waals surface area contributed by atoms with Gasteiger partial charge in [0.25, 0.3) is 0 Å². The highest BCUT2D eigenvalue weighted by Gasteiger charge is 2.45. The first-order valence-electron chi connectivity index (χ1n) is 6.40. The van der Waals surface area contributed by atoms with E-state index in [0.29, 0.717) is 0 Å². The number of esters is 1. The van der Waals surface area contributed by atoms with Gasteiger partial charge in [-0.1, -0.05) is 0 Å². The first-order chi connectivity index (χ1) is 11.2. The minimum absolute atomic E-state index is 0.730. The Labute approximate surface area is 142 Å². The number of pyridine rings is 1. The average Bonchev–Trinajstić information content (AvgIpc) is 2.42. The Bertz CT molecular complexity index is 700. The third-order valence-electron chi connectivity index (χ3n) is 2.64. The van der Waals surface area contributed by atoms with Crippen LogP contribution >= 0.6 is 11.6 Å². The summed E-state index contributed by atoms with van der Waals surface area (Å²) in [5.74, 6) is -5.38. The van der Waals surface area contributed by atoms with Gasteiger partial charge in [0.1, 0.15) is 17.0 Å². The van der Waals surface area contributed by atoms with Crippen LogP contribution in [0.2, 0.25) is 0 Å². The van der Waals surface area contributed by atoms with E-state index in [1.165, 1.54) is 13.8 Å². The molecular formula is C13H10ClF5NO5-. The van der Waals surface area contributed by atoms with Crippen LogP contribution in [-0.2, 0) is 16.3 Å². The predicted molar refractivity (Wildman–Crippen MR) is 70.4 cm³/mol. The second-order valence-corrected chi connectivity index (χ2v) is 5.30. The van der Waals surface area contributed by atoms with Crippen LogP contribution in [-0.4, -0.2) is 30.1 Å². The molecule has 0 radical (unpaired) electrons. The molecule has 0 saturated carbocycles. The lowest BCUT2D eigenvalue weighted by Crippen LogP contribution is -2.32. The van der Waals surface area contributed by atoms with Crippen LogP contribution in [0.25, 0.3) is 0 Å². The SMILES string of the molecule is COC(=O)c1c(C(F)(F)Cl)nc(C(F)(F)F)c(C(=O)[O-])c1OC(C)C. The summed E-state index contributed by atoms with van der Waals surface area (Å²) in [7, 11) is 0.730. The van der Waals surface area contributed by atoms with Gasteiger partial charge in [0, 0.05) is 0 Å². The molecule has 0 aromatic carbocycles. The van der Waals surface area contributed by atoms with Gasteiger partial charge in [0.2, 0.25) is 0 Å². The molecule has 6 nitrogen and oxygen atoms in total. The number of carbonyl (C=O) groups is 2. The maximum absolute atomic E-state index is 13.5. The van der Waals surface area contributed by atoms with Crippen molar-refractivity contribution in [2.45, 2.75) is 31.5 Å². The molecule has 0 aliphatic rings. The molecule has 1 rings (SSSR count). The van der Waals surface area contributed by atoms with Gasteiger partial charge in [-0.05, 0) is 25.4 Å². The van der Waals surface area contributed by atoms with Crippen LogP contribution < -0.4 is 9.84 Å². The fourth-order valence-corrected chi connectivity index (χ4v) is 1.95. The Morgan fingerprint density at radius 2 is 1.64 bits per heavy atom. The van der Waals surface area contributed by atoms with Crippen LogP contribution in [0.4, 0.5) is 22.0 Å². The predicted octanol–water partition coefficient (Wildman–Crippen LogP) is 2.33. The van der Waals surface area contributed by atoms with E-state index in [1.807, 2.05) is 0 Å². The molecule has 1 aromatic rings. The molecule has 0 aliphatic carbocycles. The van der Waals surface area contributed by atoms with Crippen molar-refractivity contribution in [3.05, 3.63) is 22.5 Å². The molecule has 1 aromatic heterocycles. The largest absolute Gasteiger partial charge is 0.545 e. The van der Waals surface area contributed by atoms with Crippen molar-refractivity contribution in [1.82, 2.24) is 4.98 Å². The summed E-state index contributed by atoms with van der Waals surface area (Å²) in [6.45, 7) is 2.51. The van der Waals surface area contributed by atoms with Crippen molar-refractivity contribution in [3.8, 4) is 5.75 Å². The van der Waals surface area contributed by atoms with Gasteiger partial charge in [0.05, 0.1) is 24.7 Å². The van der Waals surface area contributed by atoms with Crippen LogP contribution in [0.15, 0.2) is 0 Å². The second kappa shape index (κ2) is 6.98. The molecule has 0 atom stereocenters. The first kappa shape index (κ1) is 20.9. The van der Waals surface area contributed by atoms with E-state index >= 15 is 0 Å². The number of halogens is 6. The zero-order chi connectivity index (χ0) is 19.7. The molecule has 1 heterocycles. The minimum Gasteiger partial charge on any atom is -0.545 e. The van der Waals surface area contributed by atoms with E-state index in [0.717, 1.165) is 7.11 Å². The number of hydrogen-bond acceptors (Lipinski definition) is 6. The Balaban J connectivity index is 4.12. The van der Waals surface area contributed by atoms with Crippen LogP contribution in [0.1, 0.15) is 46.0 Å². The monoisotopic (exact) mass is 390 g/mol. The summed E-state index contributed by atoms with van der Waals surface area (Å²) in [5, 5.41) is 6.64. The third-order valence-corrected chi connectivity index (χ3v) is 2.81. The highest BCUT2D eigenvalue weighted by atomic mass is 35.5. The topological polar surface area (TPSA) is 88.5 Å². The maximum atomic E-state index is 13.5. The molecule has 0 fully saturated rings. The van der Waals surface area contributed by atoms with E-state index in [1.54, 1.807) is 0 Å². The number of carboxylic acid groups (broad SMARTS) is 1. The Morgan fingerprint density at radius 1 is 1.12 bits per heavy atom. The lowest BCUT2D eigenvalue weighted by molar-refractivity contribution is -0.256. The fraction of sp³-hybridized carbons (Fsp3) is 0.462. The van der Waals surface area contributed by atoms with E-state index in [-0.39, 0.29) is 0 Å². The quantitative estimate of drug-likeness (QED) is 0.435. The van der Waals surface area contributed by atoms with E-state index in [9.17, 15) is 36.6 Å². The van der Waals surface area contributed by atoms with Gasteiger partial charge in [-0.25, -0.2) is 9.78 Å². The average molecular weight is 391 g/mol.